The molecule has 0 unspecified atom stereocenters. The van der Waals surface area contributed by atoms with Crippen LogP contribution in [0.3, 0.4) is 0 Å². The van der Waals surface area contributed by atoms with E-state index in [1.54, 1.807) is 0 Å². The smallest absolute Gasteiger partial charge is 0.228 e. The van der Waals surface area contributed by atoms with Gasteiger partial charge in [0.05, 0.1) is 0 Å². The van der Waals surface area contributed by atoms with Gasteiger partial charge in [-0.25, -0.2) is 0 Å². The fourth-order valence-corrected chi connectivity index (χ4v) is 2.92. The van der Waals surface area contributed by atoms with Crippen LogP contribution in [0, 0.1) is 16.7 Å². The van der Waals surface area contributed by atoms with Gasteiger partial charge in [0.15, 0.2) is 0 Å². The van der Waals surface area contributed by atoms with Gasteiger partial charge in [-0.2, -0.15) is 0 Å². The first-order valence-electron chi connectivity index (χ1n) is 6.26. The summed E-state index contributed by atoms with van der Waals surface area (Å²) in [7, 11) is 0. The van der Waals surface area contributed by atoms with Gasteiger partial charge >= 0.3 is 0 Å². The van der Waals surface area contributed by atoms with Gasteiger partial charge in [0.1, 0.15) is 0 Å². The Kier molecular flexibility index (Phi) is 3.18. The average molecular weight is 266 g/mol. The molecule has 1 aromatic carbocycles. The minimum absolute atomic E-state index is 0.0766. The normalized spacial score (nSPS) is 20.5. The molecule has 0 aliphatic heterocycles. The summed E-state index contributed by atoms with van der Waals surface area (Å²) in [4.78, 5) is 12.2. The molecule has 0 spiro atoms. The second-order valence-electron chi connectivity index (χ2n) is 6.20. The van der Waals surface area contributed by atoms with E-state index in [-0.39, 0.29) is 22.7 Å². The van der Waals surface area contributed by atoms with Crippen LogP contribution in [-0.2, 0) is 10.7 Å². The van der Waals surface area contributed by atoms with Crippen LogP contribution in [-0.4, -0.2) is 5.91 Å². The quantitative estimate of drug-likeness (QED) is 0.821. The Morgan fingerprint density at radius 2 is 1.67 bits per heavy atom. The predicted molar refractivity (Wildman–Crippen MR) is 75.7 cm³/mol. The van der Waals surface area contributed by atoms with Crippen molar-refractivity contribution in [3.63, 3.8) is 0 Å². The molecule has 1 saturated carbocycles. The van der Waals surface area contributed by atoms with E-state index in [1.807, 2.05) is 24.3 Å². The van der Waals surface area contributed by atoms with Gasteiger partial charge < -0.3 is 5.32 Å². The highest BCUT2D eigenvalue weighted by Gasteiger charge is 2.68. The number of halogens is 1. The number of hydrogen-bond acceptors (Lipinski definition) is 1. The molecule has 0 atom stereocenters. The van der Waals surface area contributed by atoms with Gasteiger partial charge in [0, 0.05) is 17.5 Å². The minimum Gasteiger partial charge on any atom is -0.326 e. The number of hydrogen-bond donors (Lipinski definition) is 1. The molecule has 1 amide bonds. The van der Waals surface area contributed by atoms with Crippen LogP contribution in [0.15, 0.2) is 24.3 Å². The van der Waals surface area contributed by atoms with Crippen LogP contribution in [0.1, 0.15) is 33.3 Å². The first kappa shape index (κ1) is 13.4. The van der Waals surface area contributed by atoms with E-state index in [4.69, 9.17) is 11.6 Å². The number of carbonyl (C=O) groups excluding carboxylic acids is 1. The average Bonchev–Trinajstić information content (AvgIpc) is 2.70. The lowest BCUT2D eigenvalue weighted by Crippen LogP contribution is -2.17. The van der Waals surface area contributed by atoms with E-state index in [2.05, 4.69) is 33.0 Å². The number of rotatable bonds is 3. The summed E-state index contributed by atoms with van der Waals surface area (Å²) in [5.41, 5.74) is 2.05. The third-order valence-electron chi connectivity index (χ3n) is 4.66. The minimum atomic E-state index is 0.0766. The first-order valence-corrected chi connectivity index (χ1v) is 6.80. The van der Waals surface area contributed by atoms with Crippen molar-refractivity contribution in [2.75, 3.05) is 5.32 Å². The SMILES string of the molecule is CC1(C)C(C(=O)Nc2ccc(CCl)cc2)C1(C)C. The Labute approximate surface area is 114 Å². The molecule has 2 nitrogen and oxygen atoms in total. The molecule has 98 valence electrons. The third-order valence-corrected chi connectivity index (χ3v) is 4.97. The Morgan fingerprint density at radius 3 is 2.06 bits per heavy atom. The molecular weight excluding hydrogens is 246 g/mol. The van der Waals surface area contributed by atoms with Crippen molar-refractivity contribution in [1.29, 1.82) is 0 Å². The van der Waals surface area contributed by atoms with Crippen molar-refractivity contribution >= 4 is 23.2 Å². The maximum absolute atomic E-state index is 12.2. The summed E-state index contributed by atoms with van der Waals surface area (Å²) in [6.45, 7) is 8.59. The largest absolute Gasteiger partial charge is 0.326 e. The zero-order valence-electron chi connectivity index (χ0n) is 11.4. The summed E-state index contributed by atoms with van der Waals surface area (Å²) in [6.07, 6.45) is 0. The zero-order valence-corrected chi connectivity index (χ0v) is 12.1. The number of amides is 1. The summed E-state index contributed by atoms with van der Waals surface area (Å²) in [6, 6.07) is 7.67. The molecule has 0 bridgehead atoms. The molecule has 3 heteroatoms. The van der Waals surface area contributed by atoms with E-state index in [0.717, 1.165) is 11.3 Å². The number of anilines is 1. The topological polar surface area (TPSA) is 29.1 Å². The number of carbonyl (C=O) groups is 1. The lowest BCUT2D eigenvalue weighted by atomic mass is 10.0. The summed E-state index contributed by atoms with van der Waals surface area (Å²) in [5, 5.41) is 2.98. The van der Waals surface area contributed by atoms with Crippen LogP contribution >= 0.6 is 11.6 Å². The van der Waals surface area contributed by atoms with Crippen molar-refractivity contribution in [1.82, 2.24) is 0 Å². The van der Waals surface area contributed by atoms with E-state index >= 15 is 0 Å². The molecule has 1 aromatic rings. The molecule has 0 aromatic heterocycles. The Hall–Kier alpha value is -1.02. The van der Waals surface area contributed by atoms with Crippen molar-refractivity contribution in [3.8, 4) is 0 Å². The highest BCUT2D eigenvalue weighted by atomic mass is 35.5. The molecule has 1 aliphatic carbocycles. The van der Waals surface area contributed by atoms with Crippen molar-refractivity contribution in [3.05, 3.63) is 29.8 Å². The van der Waals surface area contributed by atoms with Crippen molar-refractivity contribution in [2.24, 2.45) is 16.7 Å². The highest BCUT2D eigenvalue weighted by molar-refractivity contribution is 6.17. The Balaban J connectivity index is 2.05. The van der Waals surface area contributed by atoms with Gasteiger partial charge in [-0.3, -0.25) is 4.79 Å². The van der Waals surface area contributed by atoms with Gasteiger partial charge in [-0.15, -0.1) is 11.6 Å². The molecule has 1 N–H and O–H groups in total. The molecule has 1 aliphatic rings. The molecule has 0 radical (unpaired) electrons. The van der Waals surface area contributed by atoms with Crippen LogP contribution in [0.5, 0.6) is 0 Å². The van der Waals surface area contributed by atoms with Gasteiger partial charge in [-0.05, 0) is 28.5 Å². The predicted octanol–water partition coefficient (Wildman–Crippen LogP) is 4.05. The number of benzene rings is 1. The molecule has 0 heterocycles. The monoisotopic (exact) mass is 265 g/mol. The van der Waals surface area contributed by atoms with Gasteiger partial charge in [-0.1, -0.05) is 39.8 Å². The van der Waals surface area contributed by atoms with Gasteiger partial charge in [0.25, 0.3) is 0 Å². The lowest BCUT2D eigenvalue weighted by molar-refractivity contribution is -0.118. The molecule has 2 rings (SSSR count). The van der Waals surface area contributed by atoms with Crippen molar-refractivity contribution in [2.45, 2.75) is 33.6 Å². The van der Waals surface area contributed by atoms with Gasteiger partial charge in [0.2, 0.25) is 5.91 Å². The number of nitrogens with one attached hydrogen (secondary N) is 1. The van der Waals surface area contributed by atoms with E-state index in [1.165, 1.54) is 0 Å². The van der Waals surface area contributed by atoms with Crippen LogP contribution in [0.2, 0.25) is 0 Å². The lowest BCUT2D eigenvalue weighted by Gasteiger charge is -2.07. The van der Waals surface area contributed by atoms with Crippen molar-refractivity contribution < 1.29 is 4.79 Å². The fourth-order valence-electron chi connectivity index (χ4n) is 2.74. The Morgan fingerprint density at radius 1 is 1.17 bits per heavy atom. The summed E-state index contributed by atoms with van der Waals surface area (Å²) < 4.78 is 0. The molecule has 18 heavy (non-hydrogen) atoms. The second kappa shape index (κ2) is 4.27. The van der Waals surface area contributed by atoms with E-state index in [0.29, 0.717) is 5.88 Å². The Bertz CT molecular complexity index is 448. The molecular formula is C15H20ClNO. The standard InChI is InChI=1S/C15H20ClNO/c1-14(2)12(15(14,3)4)13(18)17-11-7-5-10(9-16)6-8-11/h5-8,12H,9H2,1-4H3,(H,17,18). The highest BCUT2D eigenvalue weighted by Crippen LogP contribution is 2.68. The summed E-state index contributed by atoms with van der Waals surface area (Å²) >= 11 is 5.73. The van der Waals surface area contributed by atoms with E-state index < -0.39 is 0 Å². The first-order chi connectivity index (χ1) is 8.30. The summed E-state index contributed by atoms with van der Waals surface area (Å²) in [5.74, 6) is 0.693. The van der Waals surface area contributed by atoms with Crippen LogP contribution in [0.4, 0.5) is 5.69 Å². The second-order valence-corrected chi connectivity index (χ2v) is 6.46. The molecule has 1 fully saturated rings. The third kappa shape index (κ3) is 2.03. The zero-order chi connectivity index (χ0) is 13.6. The number of alkyl halides is 1. The maximum atomic E-state index is 12.2. The van der Waals surface area contributed by atoms with Crippen LogP contribution < -0.4 is 5.32 Å². The molecule has 0 saturated heterocycles. The fraction of sp³-hybridized carbons (Fsp3) is 0.533. The van der Waals surface area contributed by atoms with Crippen LogP contribution in [0.25, 0.3) is 0 Å². The van der Waals surface area contributed by atoms with E-state index in [9.17, 15) is 4.79 Å². The maximum Gasteiger partial charge on any atom is 0.228 e.